The van der Waals surface area contributed by atoms with Gasteiger partial charge >= 0.3 is 0 Å². The molecule has 0 unspecified atom stereocenters. The minimum absolute atomic E-state index is 0.0249. The molecule has 1 N–H and O–H groups in total. The van der Waals surface area contributed by atoms with Crippen molar-refractivity contribution in [3.05, 3.63) is 71.8 Å². The van der Waals surface area contributed by atoms with E-state index in [1.165, 1.54) is 0 Å². The second kappa shape index (κ2) is 6.41. The average Bonchev–Trinajstić information content (AvgIpc) is 3.48. The van der Waals surface area contributed by atoms with Gasteiger partial charge in [-0.25, -0.2) is 0 Å². The number of hydrogen-bond acceptors (Lipinski definition) is 4. The van der Waals surface area contributed by atoms with Crippen LogP contribution in [0.4, 0.5) is 0 Å². The molecule has 0 radical (unpaired) electrons. The lowest BCUT2D eigenvalue weighted by Gasteiger charge is -2.48. The predicted molar refractivity (Wildman–Crippen MR) is 104 cm³/mol. The molecule has 3 saturated heterocycles. The summed E-state index contributed by atoms with van der Waals surface area (Å²) >= 11 is 0. The molecule has 5 rings (SSSR count). The number of carbonyl (C=O) groups excluding carboxylic acids is 1. The maximum Gasteiger partial charge on any atom is 0.251 e. The number of carbonyl (C=O) groups is 1. The van der Waals surface area contributed by atoms with E-state index >= 15 is 0 Å². The van der Waals surface area contributed by atoms with Gasteiger partial charge in [0.2, 0.25) is 0 Å². The summed E-state index contributed by atoms with van der Waals surface area (Å²) in [6, 6.07) is 19.2. The Balaban J connectivity index is 1.39. The summed E-state index contributed by atoms with van der Waals surface area (Å²) < 4.78 is 18.8. The van der Waals surface area contributed by atoms with Crippen molar-refractivity contribution >= 4 is 5.91 Å². The van der Waals surface area contributed by atoms with Crippen molar-refractivity contribution < 1.29 is 19.0 Å². The van der Waals surface area contributed by atoms with Crippen molar-refractivity contribution in [3.8, 4) is 0 Å². The van der Waals surface area contributed by atoms with E-state index in [1.807, 2.05) is 60.7 Å². The summed E-state index contributed by atoms with van der Waals surface area (Å²) in [7, 11) is 0. The standard InChI is InChI=1S/C23H25NO4/c1-22-13-17(24-21(25)16-11-7-4-8-12-16)18(23(2,28-22)20-19(22)27-20)26-14-15-9-5-3-6-10-15/h3-12,17-20H,13-14H2,1-2H3,(H,24,25)/t17-,18-,19+,20-,22-,23+/m0/s1. The Morgan fingerprint density at radius 2 is 1.75 bits per heavy atom. The minimum atomic E-state index is -0.568. The highest BCUT2D eigenvalue weighted by Gasteiger charge is 2.76. The molecule has 2 aromatic carbocycles. The summed E-state index contributed by atoms with van der Waals surface area (Å²) in [6.07, 6.45) is 0.490. The van der Waals surface area contributed by atoms with Gasteiger partial charge < -0.3 is 19.5 Å². The largest absolute Gasteiger partial charge is 0.368 e. The molecule has 5 nitrogen and oxygen atoms in total. The van der Waals surface area contributed by atoms with Gasteiger partial charge in [0.25, 0.3) is 5.91 Å². The van der Waals surface area contributed by atoms with Gasteiger partial charge in [-0.05, 0) is 31.5 Å². The van der Waals surface area contributed by atoms with Crippen LogP contribution in [0.1, 0.15) is 36.2 Å². The van der Waals surface area contributed by atoms with Crippen LogP contribution in [-0.2, 0) is 20.8 Å². The summed E-state index contributed by atoms with van der Waals surface area (Å²) in [5.41, 5.74) is 0.792. The van der Waals surface area contributed by atoms with Gasteiger partial charge in [0.05, 0.1) is 18.2 Å². The van der Waals surface area contributed by atoms with Crippen molar-refractivity contribution in [3.63, 3.8) is 0 Å². The molecular formula is C23H25NO4. The van der Waals surface area contributed by atoms with E-state index in [4.69, 9.17) is 14.2 Å². The first-order valence-corrected chi connectivity index (χ1v) is 9.87. The van der Waals surface area contributed by atoms with Crippen LogP contribution in [0.15, 0.2) is 60.7 Å². The Labute approximate surface area is 165 Å². The number of hydrogen-bond donors (Lipinski definition) is 1. The molecule has 28 heavy (non-hydrogen) atoms. The molecule has 5 heteroatoms. The lowest BCUT2D eigenvalue weighted by atomic mass is 9.85. The fourth-order valence-electron chi connectivity index (χ4n) is 4.96. The van der Waals surface area contributed by atoms with E-state index in [1.54, 1.807) is 0 Å². The van der Waals surface area contributed by atoms with E-state index in [-0.39, 0.29) is 35.9 Å². The Kier molecular flexibility index (Phi) is 4.09. The topological polar surface area (TPSA) is 60.1 Å². The Morgan fingerprint density at radius 1 is 1.07 bits per heavy atom. The van der Waals surface area contributed by atoms with Crippen molar-refractivity contribution in [2.24, 2.45) is 0 Å². The van der Waals surface area contributed by atoms with Crippen LogP contribution in [0.2, 0.25) is 0 Å². The summed E-state index contributed by atoms with van der Waals surface area (Å²) in [5.74, 6) is -0.0815. The molecule has 6 atom stereocenters. The maximum absolute atomic E-state index is 12.8. The van der Waals surface area contributed by atoms with Crippen molar-refractivity contribution in [1.29, 1.82) is 0 Å². The second-order valence-corrected chi connectivity index (χ2v) is 8.44. The first-order chi connectivity index (χ1) is 13.5. The molecule has 0 saturated carbocycles. The molecule has 3 heterocycles. The number of ether oxygens (including phenoxy) is 3. The molecule has 0 aliphatic carbocycles. The zero-order valence-corrected chi connectivity index (χ0v) is 16.1. The van der Waals surface area contributed by atoms with Crippen LogP contribution >= 0.6 is 0 Å². The van der Waals surface area contributed by atoms with Crippen molar-refractivity contribution in [2.75, 3.05) is 0 Å². The molecule has 0 aromatic heterocycles. The third-order valence-electron chi connectivity index (χ3n) is 6.29. The highest BCUT2D eigenvalue weighted by molar-refractivity contribution is 5.94. The van der Waals surface area contributed by atoms with Crippen LogP contribution < -0.4 is 5.32 Å². The van der Waals surface area contributed by atoms with Gasteiger partial charge in [0.15, 0.2) is 0 Å². The molecule has 3 aliphatic rings. The molecule has 3 fully saturated rings. The zero-order valence-electron chi connectivity index (χ0n) is 16.1. The van der Waals surface area contributed by atoms with Gasteiger partial charge in [-0.15, -0.1) is 0 Å². The van der Waals surface area contributed by atoms with E-state index in [2.05, 4.69) is 19.2 Å². The third kappa shape index (κ3) is 2.85. The Hall–Kier alpha value is -2.21. The molecular weight excluding hydrogens is 354 g/mol. The third-order valence-corrected chi connectivity index (χ3v) is 6.29. The Morgan fingerprint density at radius 3 is 2.46 bits per heavy atom. The van der Waals surface area contributed by atoms with E-state index < -0.39 is 5.60 Å². The smallest absolute Gasteiger partial charge is 0.251 e. The molecule has 2 bridgehead atoms. The zero-order chi connectivity index (χ0) is 19.4. The highest BCUT2D eigenvalue weighted by Crippen LogP contribution is 2.59. The molecule has 146 valence electrons. The van der Waals surface area contributed by atoms with Crippen LogP contribution in [0.3, 0.4) is 0 Å². The van der Waals surface area contributed by atoms with Crippen LogP contribution in [-0.4, -0.2) is 41.5 Å². The lowest BCUT2D eigenvalue weighted by molar-refractivity contribution is -0.244. The number of amides is 1. The number of epoxide rings is 1. The summed E-state index contributed by atoms with van der Waals surface area (Å²) in [5, 5.41) is 3.21. The van der Waals surface area contributed by atoms with Gasteiger partial charge in [0.1, 0.15) is 23.9 Å². The monoisotopic (exact) mass is 379 g/mol. The maximum atomic E-state index is 12.8. The average molecular weight is 379 g/mol. The van der Waals surface area contributed by atoms with Crippen molar-refractivity contribution in [1.82, 2.24) is 5.32 Å². The lowest BCUT2D eigenvalue weighted by Crippen LogP contribution is -2.64. The van der Waals surface area contributed by atoms with Gasteiger partial charge in [0, 0.05) is 12.0 Å². The molecule has 2 aromatic rings. The number of nitrogens with one attached hydrogen (secondary N) is 1. The quantitative estimate of drug-likeness (QED) is 0.811. The predicted octanol–water partition coefficient (Wildman–Crippen LogP) is 3.09. The Bertz CT molecular complexity index is 873. The van der Waals surface area contributed by atoms with E-state index in [9.17, 15) is 4.79 Å². The fraction of sp³-hybridized carbons (Fsp3) is 0.435. The van der Waals surface area contributed by atoms with E-state index in [0.717, 1.165) is 5.56 Å². The number of benzene rings is 2. The van der Waals surface area contributed by atoms with E-state index in [0.29, 0.717) is 18.6 Å². The summed E-state index contributed by atoms with van der Waals surface area (Å²) in [6.45, 7) is 4.60. The fourth-order valence-corrected chi connectivity index (χ4v) is 4.96. The van der Waals surface area contributed by atoms with Gasteiger partial charge in [-0.2, -0.15) is 0 Å². The highest BCUT2D eigenvalue weighted by atomic mass is 16.7. The number of fused-ring (bicyclic) bond motifs is 5. The van der Waals surface area contributed by atoms with Crippen LogP contribution in [0.5, 0.6) is 0 Å². The summed E-state index contributed by atoms with van der Waals surface area (Å²) in [4.78, 5) is 12.8. The first kappa shape index (κ1) is 17.9. The molecule has 1 amide bonds. The SMILES string of the molecule is C[C@@]12O[C@@](C)(C[C@H](NC(=O)c3ccccc3)[C@@H]1OCc1ccccc1)[C@@H]1O[C@@H]12. The molecule has 3 aliphatic heterocycles. The molecule has 0 spiro atoms. The second-order valence-electron chi connectivity index (χ2n) is 8.44. The van der Waals surface area contributed by atoms with Crippen molar-refractivity contribution in [2.45, 2.75) is 62.4 Å². The number of rotatable bonds is 5. The van der Waals surface area contributed by atoms with Crippen LogP contribution in [0.25, 0.3) is 0 Å². The minimum Gasteiger partial charge on any atom is -0.368 e. The normalized spacial score (nSPS) is 37.9. The van der Waals surface area contributed by atoms with Crippen LogP contribution in [0, 0.1) is 0 Å². The van der Waals surface area contributed by atoms with Gasteiger partial charge in [-0.1, -0.05) is 48.5 Å². The first-order valence-electron chi connectivity index (χ1n) is 9.87. The van der Waals surface area contributed by atoms with Gasteiger partial charge in [-0.3, -0.25) is 4.79 Å².